The van der Waals surface area contributed by atoms with Gasteiger partial charge in [0.25, 0.3) is 0 Å². The zero-order valence-electron chi connectivity index (χ0n) is 24.6. The maximum absolute atomic E-state index is 13.4. The van der Waals surface area contributed by atoms with Gasteiger partial charge in [-0.25, -0.2) is 4.79 Å². The summed E-state index contributed by atoms with van der Waals surface area (Å²) in [5, 5.41) is 0. The fraction of sp³-hybridized carbons (Fsp3) is 0.800. The van der Waals surface area contributed by atoms with E-state index in [2.05, 4.69) is 68.9 Å². The van der Waals surface area contributed by atoms with Crippen LogP contribution in [0.5, 0.6) is 0 Å². The first-order valence-electron chi connectivity index (χ1n) is 13.9. The summed E-state index contributed by atoms with van der Waals surface area (Å²) < 4.78 is 13.1. The molecule has 35 heavy (non-hydrogen) atoms. The van der Waals surface area contributed by atoms with Crippen molar-refractivity contribution in [3.05, 3.63) is 23.8 Å². The van der Waals surface area contributed by atoms with Crippen LogP contribution in [0.1, 0.15) is 108 Å². The summed E-state index contributed by atoms with van der Waals surface area (Å²) >= 11 is 0. The molecule has 0 aromatic rings. The monoisotopic (exact) mass is 506 g/mol. The van der Waals surface area contributed by atoms with Crippen LogP contribution in [0.25, 0.3) is 0 Å². The molecule has 0 N–H and O–H groups in total. The molecule has 5 heteroatoms. The second-order valence-corrected chi connectivity index (χ2v) is 17.6. The number of Topliss-reactive ketones (excluding diaryl/α,β-unsaturated/α-hetero) is 1. The Morgan fingerprint density at radius 1 is 1.06 bits per heavy atom. The summed E-state index contributed by atoms with van der Waals surface area (Å²) in [6.45, 7) is 28.1. The molecule has 0 aliphatic carbocycles. The molecule has 0 bridgehead atoms. The number of esters is 1. The molecule has 0 radical (unpaired) electrons. The van der Waals surface area contributed by atoms with Gasteiger partial charge in [0.2, 0.25) is 8.32 Å². The minimum absolute atomic E-state index is 0.0454. The second kappa shape index (κ2) is 13.9. The largest absolute Gasteiger partial charge is 0.459 e. The topological polar surface area (TPSA) is 52.6 Å². The van der Waals surface area contributed by atoms with Gasteiger partial charge in [0.1, 0.15) is 11.9 Å². The number of ether oxygens (including phenoxy) is 1. The molecule has 0 saturated carbocycles. The Kier molecular flexibility index (Phi) is 12.7. The smallest absolute Gasteiger partial charge is 0.331 e. The molecular formula is C30H54O4Si. The highest BCUT2D eigenvalue weighted by Gasteiger charge is 2.47. The highest BCUT2D eigenvalue weighted by molar-refractivity contribution is 6.77. The standard InChI is InChI=1S/C30H54O4Si/c1-13-23(9)24(10)16-27-15-22(8)14-25(11)28(31)18-29(26(12)17-30(32)33-27)34-35(19(2)3,20(4)5)21(6)7/h17,19-22,24-25,27,29H,9,13-16,18H2,1-8,10-12H3/b26-17+/t22-,24+,25+,27+,29+/m0/s1. The van der Waals surface area contributed by atoms with E-state index >= 15 is 0 Å². The van der Waals surface area contributed by atoms with Crippen LogP contribution in [0.4, 0.5) is 0 Å². The number of cyclic esters (lactones) is 1. The molecule has 0 aromatic heterocycles. The summed E-state index contributed by atoms with van der Waals surface area (Å²) in [6.07, 6.45) is 4.59. The zero-order chi connectivity index (χ0) is 27.1. The Labute approximate surface area is 217 Å². The summed E-state index contributed by atoms with van der Waals surface area (Å²) in [4.78, 5) is 26.4. The quantitative estimate of drug-likeness (QED) is 0.179. The molecule has 0 fully saturated rings. The minimum atomic E-state index is -2.24. The van der Waals surface area contributed by atoms with E-state index in [0.29, 0.717) is 23.0 Å². The van der Waals surface area contributed by atoms with Gasteiger partial charge in [-0.3, -0.25) is 4.79 Å². The number of ketones is 1. The van der Waals surface area contributed by atoms with Gasteiger partial charge >= 0.3 is 5.97 Å². The number of rotatable bonds is 9. The van der Waals surface area contributed by atoms with Gasteiger partial charge < -0.3 is 9.16 Å². The Hall–Kier alpha value is -1.20. The van der Waals surface area contributed by atoms with E-state index in [-0.39, 0.29) is 41.7 Å². The number of hydrogen-bond acceptors (Lipinski definition) is 4. The molecule has 1 heterocycles. The Bertz CT molecular complexity index is 730. The summed E-state index contributed by atoms with van der Waals surface area (Å²) in [7, 11) is -2.24. The van der Waals surface area contributed by atoms with Crippen molar-refractivity contribution in [3.63, 3.8) is 0 Å². The Morgan fingerprint density at radius 2 is 1.60 bits per heavy atom. The zero-order valence-corrected chi connectivity index (χ0v) is 25.6. The van der Waals surface area contributed by atoms with E-state index < -0.39 is 8.32 Å². The van der Waals surface area contributed by atoms with Crippen LogP contribution >= 0.6 is 0 Å². The van der Waals surface area contributed by atoms with Gasteiger partial charge in [-0.1, -0.05) is 81.4 Å². The summed E-state index contributed by atoms with van der Waals surface area (Å²) in [5.74, 6) is 0.429. The van der Waals surface area contributed by atoms with Gasteiger partial charge in [0.05, 0.1) is 6.10 Å². The molecule has 202 valence electrons. The summed E-state index contributed by atoms with van der Waals surface area (Å²) in [6, 6.07) is 0. The van der Waals surface area contributed by atoms with Crippen molar-refractivity contribution in [1.29, 1.82) is 0 Å². The van der Waals surface area contributed by atoms with Crippen molar-refractivity contribution in [1.82, 2.24) is 0 Å². The first-order valence-corrected chi connectivity index (χ1v) is 16.1. The number of carbonyl (C=O) groups is 2. The van der Waals surface area contributed by atoms with Crippen LogP contribution < -0.4 is 0 Å². The fourth-order valence-electron chi connectivity index (χ4n) is 6.19. The normalized spacial score (nSPS) is 27.8. The van der Waals surface area contributed by atoms with Crippen LogP contribution in [-0.2, 0) is 18.8 Å². The first-order chi connectivity index (χ1) is 16.1. The van der Waals surface area contributed by atoms with Crippen LogP contribution in [0.3, 0.4) is 0 Å². The average Bonchev–Trinajstić information content (AvgIpc) is 2.73. The molecule has 0 amide bonds. The molecule has 1 rings (SSSR count). The van der Waals surface area contributed by atoms with E-state index in [9.17, 15) is 9.59 Å². The van der Waals surface area contributed by atoms with Crippen molar-refractivity contribution in [2.24, 2.45) is 17.8 Å². The lowest BCUT2D eigenvalue weighted by atomic mass is 9.85. The van der Waals surface area contributed by atoms with E-state index in [1.807, 2.05) is 13.8 Å². The van der Waals surface area contributed by atoms with E-state index in [0.717, 1.165) is 31.3 Å². The molecule has 4 nitrogen and oxygen atoms in total. The van der Waals surface area contributed by atoms with Gasteiger partial charge in [-0.2, -0.15) is 0 Å². The van der Waals surface area contributed by atoms with Crippen molar-refractivity contribution in [3.8, 4) is 0 Å². The predicted molar refractivity (Wildman–Crippen MR) is 150 cm³/mol. The fourth-order valence-corrected chi connectivity index (χ4v) is 11.8. The predicted octanol–water partition coefficient (Wildman–Crippen LogP) is 8.42. The number of hydrogen-bond donors (Lipinski definition) is 0. The van der Waals surface area contributed by atoms with Crippen molar-refractivity contribution < 1.29 is 18.8 Å². The molecule has 0 aromatic carbocycles. The van der Waals surface area contributed by atoms with Crippen LogP contribution in [-0.4, -0.2) is 32.3 Å². The third-order valence-electron chi connectivity index (χ3n) is 8.31. The molecule has 1 aliphatic rings. The molecule has 0 saturated heterocycles. The van der Waals surface area contributed by atoms with E-state index in [4.69, 9.17) is 9.16 Å². The van der Waals surface area contributed by atoms with Gasteiger partial charge in [0.15, 0.2) is 0 Å². The van der Waals surface area contributed by atoms with Crippen LogP contribution in [0.2, 0.25) is 16.6 Å². The molecule has 0 unspecified atom stereocenters. The SMILES string of the molecule is C=C(CC)[C@H](C)C[C@H]1C[C@@H](C)C[C@@H](C)C(=O)C[C@@H](O[Si](C(C)C)(C(C)C)C(C)C)/C(C)=C/C(=O)O1. The van der Waals surface area contributed by atoms with Crippen molar-refractivity contribution in [2.45, 2.75) is 137 Å². The van der Waals surface area contributed by atoms with Gasteiger partial charge in [-0.05, 0) is 66.6 Å². The van der Waals surface area contributed by atoms with Crippen molar-refractivity contribution in [2.75, 3.05) is 0 Å². The average molecular weight is 507 g/mol. The number of allylic oxidation sites excluding steroid dienone is 1. The first kappa shape index (κ1) is 31.8. The second-order valence-electron chi connectivity index (χ2n) is 12.2. The number of carbonyl (C=O) groups excluding carboxylic acids is 2. The maximum Gasteiger partial charge on any atom is 0.331 e. The third kappa shape index (κ3) is 8.70. The Balaban J connectivity index is 3.38. The minimum Gasteiger partial charge on any atom is -0.459 e. The van der Waals surface area contributed by atoms with Crippen LogP contribution in [0, 0.1) is 17.8 Å². The van der Waals surface area contributed by atoms with Gasteiger partial charge in [0, 0.05) is 18.4 Å². The van der Waals surface area contributed by atoms with Gasteiger partial charge in [-0.15, -0.1) is 0 Å². The Morgan fingerprint density at radius 3 is 2.09 bits per heavy atom. The highest BCUT2D eigenvalue weighted by Crippen LogP contribution is 2.44. The summed E-state index contributed by atoms with van der Waals surface area (Å²) in [5.41, 5.74) is 3.17. The van der Waals surface area contributed by atoms with Crippen LogP contribution in [0.15, 0.2) is 23.8 Å². The maximum atomic E-state index is 13.4. The molecule has 1 aliphatic heterocycles. The highest BCUT2D eigenvalue weighted by atomic mass is 28.4. The lowest BCUT2D eigenvalue weighted by molar-refractivity contribution is -0.145. The molecule has 0 spiro atoms. The molecular weight excluding hydrogens is 452 g/mol. The van der Waals surface area contributed by atoms with E-state index in [1.165, 1.54) is 5.57 Å². The van der Waals surface area contributed by atoms with Crippen molar-refractivity contribution >= 4 is 20.1 Å². The lowest BCUT2D eigenvalue weighted by Crippen LogP contribution is -2.51. The third-order valence-corrected chi connectivity index (χ3v) is 14.4. The van der Waals surface area contributed by atoms with E-state index in [1.54, 1.807) is 6.08 Å². The molecule has 5 atom stereocenters. The lowest BCUT2D eigenvalue weighted by Gasteiger charge is -2.45.